The van der Waals surface area contributed by atoms with Gasteiger partial charge in [0, 0.05) is 25.9 Å². The molecule has 1 N–H and O–H groups in total. The van der Waals surface area contributed by atoms with E-state index in [2.05, 4.69) is 20.6 Å². The summed E-state index contributed by atoms with van der Waals surface area (Å²) in [6, 6.07) is 1.54. The van der Waals surface area contributed by atoms with Crippen LogP contribution >= 0.6 is 0 Å². The predicted octanol–water partition coefficient (Wildman–Crippen LogP) is 0.0144. The third kappa shape index (κ3) is 3.81. The minimum atomic E-state index is -3.00. The second kappa shape index (κ2) is 6.34. The quantitative estimate of drug-likeness (QED) is 0.804. The van der Waals surface area contributed by atoms with E-state index in [0.717, 1.165) is 5.69 Å². The highest BCUT2D eigenvalue weighted by Crippen LogP contribution is 2.18. The molecule has 0 aliphatic carbocycles. The van der Waals surface area contributed by atoms with E-state index in [9.17, 15) is 13.2 Å². The van der Waals surface area contributed by atoms with Crippen molar-refractivity contribution in [3.8, 4) is 11.6 Å². The Morgan fingerprint density at radius 3 is 2.88 bits per heavy atom. The van der Waals surface area contributed by atoms with Crippen molar-refractivity contribution in [2.75, 3.05) is 11.5 Å². The summed E-state index contributed by atoms with van der Waals surface area (Å²) in [6.07, 6.45) is 0.941. The summed E-state index contributed by atoms with van der Waals surface area (Å²) in [4.78, 5) is 11.9. The summed E-state index contributed by atoms with van der Waals surface area (Å²) in [7, 11) is -1.21. The number of rotatable bonds is 5. The van der Waals surface area contributed by atoms with Crippen molar-refractivity contribution >= 4 is 15.7 Å². The minimum Gasteiger partial charge on any atom is -0.419 e. The molecule has 0 radical (unpaired) electrons. The average Bonchev–Trinajstić information content (AvgIpc) is 3.16. The van der Waals surface area contributed by atoms with Crippen molar-refractivity contribution in [1.29, 1.82) is 0 Å². The van der Waals surface area contributed by atoms with Crippen LogP contribution in [-0.2, 0) is 28.1 Å². The number of hydrogen-bond donors (Lipinski definition) is 1. The molecule has 2 aromatic rings. The SMILES string of the molecule is Cc1cc(-c2nnc(CCC(=O)NC3CCS(=O)(=O)C3)o2)n(C)n1. The Bertz CT molecular complexity index is 854. The van der Waals surface area contributed by atoms with Crippen LogP contribution in [0.2, 0.25) is 0 Å². The highest BCUT2D eigenvalue weighted by atomic mass is 32.2. The molecule has 1 amide bonds. The first-order valence-corrected chi connectivity index (χ1v) is 9.48. The van der Waals surface area contributed by atoms with Gasteiger partial charge in [-0.05, 0) is 19.4 Å². The average molecular weight is 353 g/mol. The fraction of sp³-hybridized carbons (Fsp3) is 0.571. The molecule has 1 aliphatic heterocycles. The first-order valence-electron chi connectivity index (χ1n) is 7.65. The number of amides is 1. The highest BCUT2D eigenvalue weighted by Gasteiger charge is 2.28. The second-order valence-corrected chi connectivity index (χ2v) is 8.19. The topological polar surface area (TPSA) is 120 Å². The van der Waals surface area contributed by atoms with Crippen molar-refractivity contribution in [2.45, 2.75) is 32.2 Å². The van der Waals surface area contributed by atoms with Crippen LogP contribution in [0.1, 0.15) is 24.4 Å². The zero-order valence-electron chi connectivity index (χ0n) is 13.5. The number of hydrogen-bond acceptors (Lipinski definition) is 7. The van der Waals surface area contributed by atoms with Crippen LogP contribution in [0, 0.1) is 6.92 Å². The molecule has 0 spiro atoms. The van der Waals surface area contributed by atoms with E-state index in [1.165, 1.54) is 0 Å². The molecule has 24 heavy (non-hydrogen) atoms. The van der Waals surface area contributed by atoms with Crippen molar-refractivity contribution in [3.05, 3.63) is 17.7 Å². The largest absolute Gasteiger partial charge is 0.419 e. The summed E-state index contributed by atoms with van der Waals surface area (Å²) in [5.74, 6) is 0.653. The molecule has 3 rings (SSSR count). The first-order chi connectivity index (χ1) is 11.3. The summed E-state index contributed by atoms with van der Waals surface area (Å²) in [6.45, 7) is 1.87. The Morgan fingerprint density at radius 2 is 2.25 bits per heavy atom. The Balaban J connectivity index is 1.54. The van der Waals surface area contributed by atoms with Gasteiger partial charge in [0.15, 0.2) is 9.84 Å². The molecular weight excluding hydrogens is 334 g/mol. The van der Waals surface area contributed by atoms with Crippen LogP contribution in [0.5, 0.6) is 0 Å². The molecule has 10 heteroatoms. The Hall–Kier alpha value is -2.23. The van der Waals surface area contributed by atoms with Crippen LogP contribution in [0.4, 0.5) is 0 Å². The van der Waals surface area contributed by atoms with Gasteiger partial charge in [0.05, 0.1) is 17.2 Å². The second-order valence-electron chi connectivity index (χ2n) is 5.96. The van der Waals surface area contributed by atoms with Crippen LogP contribution in [0.15, 0.2) is 10.5 Å². The number of sulfone groups is 1. The van der Waals surface area contributed by atoms with Crippen LogP contribution in [0.25, 0.3) is 11.6 Å². The van der Waals surface area contributed by atoms with Gasteiger partial charge in [0.25, 0.3) is 5.89 Å². The summed E-state index contributed by atoms with van der Waals surface area (Å²) < 4.78 is 30.0. The molecule has 0 bridgehead atoms. The van der Waals surface area contributed by atoms with Gasteiger partial charge in [0.1, 0.15) is 5.69 Å². The number of nitrogens with one attached hydrogen (secondary N) is 1. The first kappa shape index (κ1) is 16.6. The van der Waals surface area contributed by atoms with Gasteiger partial charge in [-0.1, -0.05) is 0 Å². The lowest BCUT2D eigenvalue weighted by atomic mass is 10.2. The van der Waals surface area contributed by atoms with Crippen molar-refractivity contribution in [2.24, 2.45) is 7.05 Å². The van der Waals surface area contributed by atoms with E-state index in [1.807, 2.05) is 13.0 Å². The van der Waals surface area contributed by atoms with E-state index in [0.29, 0.717) is 30.3 Å². The summed E-state index contributed by atoms with van der Waals surface area (Å²) >= 11 is 0. The van der Waals surface area contributed by atoms with Crippen molar-refractivity contribution in [1.82, 2.24) is 25.3 Å². The lowest BCUT2D eigenvalue weighted by Crippen LogP contribution is -2.35. The molecule has 1 fully saturated rings. The maximum atomic E-state index is 11.9. The summed E-state index contributed by atoms with van der Waals surface area (Å²) in [5, 5.41) is 14.9. The minimum absolute atomic E-state index is 0.0171. The molecule has 0 aromatic carbocycles. The van der Waals surface area contributed by atoms with Crippen molar-refractivity contribution in [3.63, 3.8) is 0 Å². The molecule has 1 saturated heterocycles. The normalized spacial score (nSPS) is 19.5. The maximum Gasteiger partial charge on any atom is 0.265 e. The molecule has 0 saturated carbocycles. The van der Waals surface area contributed by atoms with E-state index in [1.54, 1.807) is 11.7 Å². The fourth-order valence-electron chi connectivity index (χ4n) is 2.70. The zero-order valence-corrected chi connectivity index (χ0v) is 14.3. The number of carbonyl (C=O) groups is 1. The van der Waals surface area contributed by atoms with Gasteiger partial charge in [-0.2, -0.15) is 5.10 Å². The van der Waals surface area contributed by atoms with Gasteiger partial charge in [-0.3, -0.25) is 9.48 Å². The van der Waals surface area contributed by atoms with Gasteiger partial charge < -0.3 is 9.73 Å². The maximum absolute atomic E-state index is 11.9. The Morgan fingerprint density at radius 1 is 1.46 bits per heavy atom. The molecule has 1 unspecified atom stereocenters. The Kier molecular flexibility index (Phi) is 4.39. The molecule has 9 nitrogen and oxygen atoms in total. The molecule has 1 atom stereocenters. The smallest absolute Gasteiger partial charge is 0.265 e. The van der Waals surface area contributed by atoms with Gasteiger partial charge in [-0.15, -0.1) is 10.2 Å². The third-order valence-electron chi connectivity index (χ3n) is 3.85. The molecule has 2 aromatic heterocycles. The molecule has 3 heterocycles. The number of aryl methyl sites for hydroxylation is 3. The van der Waals surface area contributed by atoms with Gasteiger partial charge in [-0.25, -0.2) is 8.42 Å². The fourth-order valence-corrected chi connectivity index (χ4v) is 4.37. The lowest BCUT2D eigenvalue weighted by molar-refractivity contribution is -0.121. The zero-order chi connectivity index (χ0) is 17.3. The van der Waals surface area contributed by atoms with Crippen LogP contribution in [0.3, 0.4) is 0 Å². The Labute approximate surface area is 139 Å². The number of aromatic nitrogens is 4. The van der Waals surface area contributed by atoms with E-state index < -0.39 is 9.84 Å². The van der Waals surface area contributed by atoms with Crippen LogP contribution < -0.4 is 5.32 Å². The summed E-state index contributed by atoms with van der Waals surface area (Å²) in [5.41, 5.74) is 1.56. The van der Waals surface area contributed by atoms with Crippen LogP contribution in [-0.4, -0.2) is 51.9 Å². The van der Waals surface area contributed by atoms with Gasteiger partial charge in [0.2, 0.25) is 11.8 Å². The highest BCUT2D eigenvalue weighted by molar-refractivity contribution is 7.91. The van der Waals surface area contributed by atoms with Crippen molar-refractivity contribution < 1.29 is 17.6 Å². The molecular formula is C14H19N5O4S. The lowest BCUT2D eigenvalue weighted by Gasteiger charge is -2.09. The standard InChI is InChI=1S/C14H19N5O4S/c1-9-7-11(19(2)18-9)14-17-16-13(23-14)4-3-12(20)15-10-5-6-24(21,22)8-10/h7,10H,3-6,8H2,1-2H3,(H,15,20). The van der Waals surface area contributed by atoms with E-state index in [-0.39, 0.29) is 29.9 Å². The van der Waals surface area contributed by atoms with Gasteiger partial charge >= 0.3 is 0 Å². The predicted molar refractivity (Wildman–Crippen MR) is 84.8 cm³/mol. The molecule has 1 aliphatic rings. The molecule has 130 valence electrons. The monoisotopic (exact) mass is 353 g/mol. The van der Waals surface area contributed by atoms with E-state index >= 15 is 0 Å². The van der Waals surface area contributed by atoms with E-state index in [4.69, 9.17) is 4.42 Å². The number of carbonyl (C=O) groups excluding carboxylic acids is 1. The number of nitrogens with zero attached hydrogens (tertiary/aromatic N) is 4. The third-order valence-corrected chi connectivity index (χ3v) is 5.62.